The highest BCUT2D eigenvalue weighted by Gasteiger charge is 2.42. The van der Waals surface area contributed by atoms with Crippen LogP contribution in [0.25, 0.3) is 22.2 Å². The van der Waals surface area contributed by atoms with E-state index in [0.717, 1.165) is 10.6 Å². The van der Waals surface area contributed by atoms with Gasteiger partial charge in [0.15, 0.2) is 11.6 Å². The Hall–Kier alpha value is -4.56. The molecule has 0 spiro atoms. The van der Waals surface area contributed by atoms with E-state index >= 15 is 4.39 Å². The van der Waals surface area contributed by atoms with Crippen molar-refractivity contribution in [1.82, 2.24) is 24.0 Å². The average molecular weight is 643 g/mol. The van der Waals surface area contributed by atoms with Gasteiger partial charge in [-0.2, -0.15) is 4.39 Å². The molecule has 15 heteroatoms. The summed E-state index contributed by atoms with van der Waals surface area (Å²) in [6.45, 7) is 9.53. The summed E-state index contributed by atoms with van der Waals surface area (Å²) >= 11 is 6.42. The van der Waals surface area contributed by atoms with Gasteiger partial charge < -0.3 is 30.2 Å². The van der Waals surface area contributed by atoms with Gasteiger partial charge in [0.2, 0.25) is 11.7 Å². The molecule has 4 heterocycles. The maximum Gasteiger partial charge on any atom is 0.263 e. The zero-order valence-electron chi connectivity index (χ0n) is 25.6. The Morgan fingerprint density at radius 1 is 1.07 bits per heavy atom. The fraction of sp³-hybridized carbons (Fsp3) is 0.367. The molecule has 45 heavy (non-hydrogen) atoms. The largest absolute Gasteiger partial charge is 0.504 e. The number of fused-ring (bicyclic) bond motifs is 1. The number of nitrogens with two attached hydrogens (primary N) is 1. The molecule has 12 nitrogen and oxygen atoms in total. The van der Waals surface area contributed by atoms with Crippen LogP contribution in [0.4, 0.5) is 20.3 Å². The van der Waals surface area contributed by atoms with E-state index in [1.165, 1.54) is 30.3 Å². The van der Waals surface area contributed by atoms with Crippen molar-refractivity contribution in [2.24, 2.45) is 12.8 Å². The molecule has 1 aliphatic heterocycles. The minimum absolute atomic E-state index is 0.000159. The minimum Gasteiger partial charge on any atom is -0.504 e. The van der Waals surface area contributed by atoms with Gasteiger partial charge in [0.25, 0.3) is 11.5 Å². The third-order valence-corrected chi connectivity index (χ3v) is 8.70. The second-order valence-corrected chi connectivity index (χ2v) is 12.9. The number of piperazine rings is 1. The molecular weight excluding hydrogens is 610 g/mol. The van der Waals surface area contributed by atoms with Crippen molar-refractivity contribution in [1.29, 1.82) is 0 Å². The molecule has 1 saturated heterocycles. The lowest BCUT2D eigenvalue weighted by Crippen LogP contribution is -2.67. The Labute approximate surface area is 262 Å². The molecule has 1 fully saturated rings. The lowest BCUT2D eigenvalue weighted by molar-refractivity contribution is -0.116. The first-order chi connectivity index (χ1) is 20.9. The summed E-state index contributed by atoms with van der Waals surface area (Å²) < 4.78 is 32.2. The first-order valence-electron chi connectivity index (χ1n) is 13.9. The van der Waals surface area contributed by atoms with Crippen molar-refractivity contribution in [3.63, 3.8) is 0 Å². The number of hydrogen-bond acceptors (Lipinski definition) is 8. The standard InChI is InChI=1S/C30H33ClF2N8O4/c1-29(2)12-41(13-30(3,4)39(29)6)20-8-19(18(31)9-35-20)37-21(42)11-40-10-17(22-27(40)36-14-38(5)28(22)45)15-7-16(26(34)44)25(43)24(33)23(15)32/h7-10,14,43H,11-13H2,1-6H3,(H2,34,44)(H,35,37,42). The van der Waals surface area contributed by atoms with Crippen molar-refractivity contribution in [3.8, 4) is 16.9 Å². The van der Waals surface area contributed by atoms with Crippen molar-refractivity contribution < 1.29 is 23.5 Å². The Kier molecular flexibility index (Phi) is 7.86. The van der Waals surface area contributed by atoms with Gasteiger partial charge >= 0.3 is 0 Å². The maximum atomic E-state index is 15.1. The molecule has 0 saturated carbocycles. The summed E-state index contributed by atoms with van der Waals surface area (Å²) in [5.41, 5.74) is 3.24. The topological polar surface area (TPSA) is 152 Å². The quantitative estimate of drug-likeness (QED) is 0.289. The predicted octanol–water partition coefficient (Wildman–Crippen LogP) is 3.48. The van der Waals surface area contributed by atoms with Crippen LogP contribution in [0.5, 0.6) is 5.75 Å². The molecule has 1 aliphatic rings. The number of rotatable bonds is 6. The van der Waals surface area contributed by atoms with Crippen molar-refractivity contribution in [2.45, 2.75) is 45.3 Å². The fourth-order valence-electron chi connectivity index (χ4n) is 5.81. The molecule has 0 aliphatic carbocycles. The lowest BCUT2D eigenvalue weighted by Gasteiger charge is -2.55. The van der Waals surface area contributed by atoms with E-state index in [-0.39, 0.29) is 32.7 Å². The third kappa shape index (κ3) is 5.59. The lowest BCUT2D eigenvalue weighted by atomic mass is 9.88. The molecule has 1 aromatic carbocycles. The number of phenols is 1. The van der Waals surface area contributed by atoms with E-state index in [1.54, 1.807) is 6.07 Å². The highest BCUT2D eigenvalue weighted by molar-refractivity contribution is 6.33. The minimum atomic E-state index is -1.71. The number of nitrogens with one attached hydrogen (secondary N) is 1. The van der Waals surface area contributed by atoms with Crippen LogP contribution >= 0.6 is 11.6 Å². The molecule has 0 radical (unpaired) electrons. The van der Waals surface area contributed by atoms with E-state index < -0.39 is 52.4 Å². The summed E-state index contributed by atoms with van der Waals surface area (Å²) in [6.07, 6.45) is 3.92. The van der Waals surface area contributed by atoms with Gasteiger partial charge in [-0.05, 0) is 40.8 Å². The highest BCUT2D eigenvalue weighted by Crippen LogP contribution is 2.37. The fourth-order valence-corrected chi connectivity index (χ4v) is 5.97. The van der Waals surface area contributed by atoms with Crippen molar-refractivity contribution in [3.05, 3.63) is 63.4 Å². The Morgan fingerprint density at radius 3 is 2.33 bits per heavy atom. The second kappa shape index (κ2) is 11.1. The summed E-state index contributed by atoms with van der Waals surface area (Å²) in [7, 11) is 3.50. The number of likely N-dealkylation sites (N-methyl/N-ethyl adjacent to an activating group) is 1. The molecule has 0 atom stereocenters. The average Bonchev–Trinajstić information content (AvgIpc) is 3.31. The molecule has 5 rings (SSSR count). The van der Waals surface area contributed by atoms with Crippen molar-refractivity contribution >= 4 is 46.0 Å². The zero-order valence-corrected chi connectivity index (χ0v) is 26.3. The number of aromatic nitrogens is 4. The molecule has 4 aromatic rings. The first kappa shape index (κ1) is 31.9. The SMILES string of the molecule is CN1C(C)(C)CN(c2cc(NC(=O)Cn3cc(-c4cc(C(N)=O)c(O)c(F)c4F)c4c(=O)n(C)cnc43)c(Cl)cn2)CC1(C)C. The van der Waals surface area contributed by atoms with Crippen LogP contribution in [-0.4, -0.2) is 72.1 Å². The van der Waals surface area contributed by atoms with Gasteiger partial charge in [0.05, 0.1) is 34.2 Å². The molecule has 3 aromatic heterocycles. The van der Waals surface area contributed by atoms with E-state index in [0.29, 0.717) is 24.6 Å². The Bertz CT molecular complexity index is 1920. The Morgan fingerprint density at radius 2 is 1.71 bits per heavy atom. The van der Waals surface area contributed by atoms with Gasteiger partial charge in [-0.3, -0.25) is 19.3 Å². The maximum absolute atomic E-state index is 15.1. The van der Waals surface area contributed by atoms with Crippen LogP contribution < -0.4 is 21.5 Å². The molecular formula is C30H33ClF2N8O4. The van der Waals surface area contributed by atoms with Crippen molar-refractivity contribution in [2.75, 3.05) is 30.4 Å². The number of amides is 2. The van der Waals surface area contributed by atoms with Gasteiger partial charge in [-0.25, -0.2) is 14.4 Å². The van der Waals surface area contributed by atoms with Crippen LogP contribution in [0, 0.1) is 11.6 Å². The molecule has 0 bridgehead atoms. The smallest absolute Gasteiger partial charge is 0.263 e. The number of carbonyl (C=O) groups excluding carboxylic acids is 2. The van der Waals surface area contributed by atoms with Gasteiger partial charge in [-0.1, -0.05) is 11.6 Å². The number of carbonyl (C=O) groups is 2. The summed E-state index contributed by atoms with van der Waals surface area (Å²) in [5.74, 6) is -5.63. The summed E-state index contributed by atoms with van der Waals surface area (Å²) in [4.78, 5) is 51.5. The number of hydrogen-bond donors (Lipinski definition) is 3. The molecule has 4 N–H and O–H groups in total. The number of anilines is 2. The number of nitrogens with zero attached hydrogens (tertiary/aromatic N) is 6. The molecule has 0 unspecified atom stereocenters. The van der Waals surface area contributed by atoms with Crippen LogP contribution in [-0.2, 0) is 18.4 Å². The molecule has 2 amide bonds. The highest BCUT2D eigenvalue weighted by atomic mass is 35.5. The van der Waals surface area contributed by atoms with E-state index in [2.05, 4.69) is 59.8 Å². The van der Waals surface area contributed by atoms with Crippen LogP contribution in [0.15, 0.2) is 35.6 Å². The third-order valence-electron chi connectivity index (χ3n) is 8.40. The van der Waals surface area contributed by atoms with Crippen LogP contribution in [0.1, 0.15) is 38.1 Å². The Balaban J connectivity index is 1.51. The van der Waals surface area contributed by atoms with E-state index in [4.69, 9.17) is 17.3 Å². The van der Waals surface area contributed by atoms with E-state index in [1.807, 2.05) is 0 Å². The number of benzene rings is 1. The summed E-state index contributed by atoms with van der Waals surface area (Å²) in [5, 5.41) is 12.7. The number of halogens is 3. The zero-order chi connectivity index (χ0) is 33.2. The monoisotopic (exact) mass is 642 g/mol. The second-order valence-electron chi connectivity index (χ2n) is 12.5. The van der Waals surface area contributed by atoms with Gasteiger partial charge in [0.1, 0.15) is 18.0 Å². The number of aromatic hydroxyl groups is 1. The number of primary amides is 1. The normalized spacial score (nSPS) is 16.2. The van der Waals surface area contributed by atoms with E-state index in [9.17, 15) is 23.9 Å². The van der Waals surface area contributed by atoms with Crippen LogP contribution in [0.3, 0.4) is 0 Å². The summed E-state index contributed by atoms with van der Waals surface area (Å²) in [6, 6.07) is 2.53. The first-order valence-corrected chi connectivity index (χ1v) is 14.3. The van der Waals surface area contributed by atoms with Gasteiger partial charge in [0, 0.05) is 54.6 Å². The van der Waals surface area contributed by atoms with Gasteiger partial charge in [-0.15, -0.1) is 0 Å². The van der Waals surface area contributed by atoms with Crippen LogP contribution in [0.2, 0.25) is 5.02 Å². The number of aryl methyl sites for hydroxylation is 1. The number of pyridine rings is 1. The predicted molar refractivity (Wildman–Crippen MR) is 167 cm³/mol. The molecule has 238 valence electrons.